The molecular weight excluding hydrogens is 1780 g/mol. The molecule has 0 saturated carbocycles. The van der Waals surface area contributed by atoms with E-state index in [0.717, 1.165) is 88.5 Å². The zero-order valence-corrected chi connectivity index (χ0v) is 80.0. The van der Waals surface area contributed by atoms with E-state index in [-0.39, 0.29) is 0 Å². The zero-order valence-electron chi connectivity index (χ0n) is 80.0. The number of aromatic nitrogens is 7. The van der Waals surface area contributed by atoms with Crippen molar-refractivity contribution in [1.82, 2.24) is 34.5 Å². The summed E-state index contributed by atoms with van der Waals surface area (Å²) in [7, 11) is 0. The number of hydrogen-bond donors (Lipinski definition) is 0. The smallest absolute Gasteiger partial charge is 0.164 e. The van der Waals surface area contributed by atoms with Crippen LogP contribution >= 0.6 is 0 Å². The predicted octanol–water partition coefficient (Wildman–Crippen LogP) is 37.2. The molecule has 0 saturated heterocycles. The van der Waals surface area contributed by atoms with Crippen LogP contribution in [-0.2, 0) is 0 Å². The lowest BCUT2D eigenvalue weighted by molar-refractivity contribution is 1.08. The van der Waals surface area contributed by atoms with Gasteiger partial charge in [0.1, 0.15) is 0 Å². The van der Waals surface area contributed by atoms with Gasteiger partial charge in [0.05, 0.1) is 27.9 Å². The highest BCUT2D eigenvalue weighted by molar-refractivity contribution is 6.25. The van der Waals surface area contributed by atoms with Crippen LogP contribution in [-0.4, -0.2) is 34.5 Å². The van der Waals surface area contributed by atoms with Gasteiger partial charge in [-0.1, -0.05) is 425 Å². The van der Waals surface area contributed by atoms with E-state index < -0.39 is 0 Å². The van der Waals surface area contributed by atoms with E-state index in [1.54, 1.807) is 0 Å². The van der Waals surface area contributed by atoms with Crippen molar-refractivity contribution in [2.45, 2.75) is 0 Å². The summed E-state index contributed by atoms with van der Waals surface area (Å²) in [5, 5.41) is 28.1. The summed E-state index contributed by atoms with van der Waals surface area (Å²) >= 11 is 0. The van der Waals surface area contributed by atoms with Crippen LogP contribution in [0.3, 0.4) is 0 Å². The zero-order chi connectivity index (χ0) is 97.2. The Morgan fingerprint density at radius 2 is 0.497 bits per heavy atom. The Morgan fingerprint density at radius 3 is 0.973 bits per heavy atom. The van der Waals surface area contributed by atoms with Gasteiger partial charge in [-0.15, -0.1) is 0 Å². The monoisotopic (exact) mass is 1870 g/mol. The number of hydrogen-bond acceptors (Lipinski definition) is 6. The van der Waals surface area contributed by atoms with Crippen LogP contribution in [0.1, 0.15) is 0 Å². The van der Waals surface area contributed by atoms with E-state index in [9.17, 15) is 0 Å². The van der Waals surface area contributed by atoms with E-state index in [1.165, 1.54) is 175 Å². The third-order valence-corrected chi connectivity index (χ3v) is 29.2. The van der Waals surface area contributed by atoms with Gasteiger partial charge < -0.3 is 4.57 Å². The lowest BCUT2D eigenvalue weighted by atomic mass is 9.84. The van der Waals surface area contributed by atoms with E-state index in [0.29, 0.717) is 17.5 Å². The molecule has 7 heteroatoms. The lowest BCUT2D eigenvalue weighted by Gasteiger charge is -2.19. The molecule has 0 unspecified atom stereocenters. The van der Waals surface area contributed by atoms with Crippen molar-refractivity contribution in [3.63, 3.8) is 0 Å². The van der Waals surface area contributed by atoms with Crippen LogP contribution in [0.4, 0.5) is 0 Å². The molecule has 24 aromatic carbocycles. The van der Waals surface area contributed by atoms with Crippen molar-refractivity contribution in [3.05, 3.63) is 540 Å². The number of para-hydroxylation sites is 4. The SMILES string of the molecule is c1ccc(-n2c(-c3ccc(-c4ccc5c(-c6ccc7ccccc7c6)c6ccccc6c(-c6ccc7ccccc7c6)c5c4)cc3)cc3ccccc32)cc1.c1ccc2cc(-c3c4ccccc4c(-c4ccc5ccccc5c4)c4cc(-c5ccc(-c6cnc7ccccc7c6)nc5)ccc34)ccc2c1.c1ccc2cc(-c3nc(-c4ccc(-c5cccc6cccnc56)cc4)nc(-c4ccc5ccccc5c4)n3)ccc2c1. The molecule has 29 aromatic rings. The Kier molecular flexibility index (Phi) is 21.8. The highest BCUT2D eigenvalue weighted by atomic mass is 15.0. The normalized spacial score (nSPS) is 11.5. The molecule has 29 rings (SSSR count). The van der Waals surface area contributed by atoms with Crippen molar-refractivity contribution in [1.29, 1.82) is 0 Å². The van der Waals surface area contributed by atoms with Crippen LogP contribution in [0.25, 0.3) is 281 Å². The van der Waals surface area contributed by atoms with Crippen LogP contribution < -0.4 is 0 Å². The summed E-state index contributed by atoms with van der Waals surface area (Å²) in [6.45, 7) is 0. The first-order valence-electron chi connectivity index (χ1n) is 50.0. The third-order valence-electron chi connectivity index (χ3n) is 29.2. The second-order valence-electron chi connectivity index (χ2n) is 37.9. The fraction of sp³-hybridized carbons (Fsp3) is 0. The summed E-state index contributed by atoms with van der Waals surface area (Å²) in [4.78, 5) is 29.2. The highest BCUT2D eigenvalue weighted by Crippen LogP contribution is 2.50. The maximum absolute atomic E-state index is 4.99. The molecular formula is C140H89N7. The summed E-state index contributed by atoms with van der Waals surface area (Å²) in [6.07, 6.45) is 5.75. The molecule has 0 fully saturated rings. The van der Waals surface area contributed by atoms with Gasteiger partial charge in [-0.2, -0.15) is 0 Å². The van der Waals surface area contributed by atoms with Gasteiger partial charge >= 0.3 is 0 Å². The molecule has 0 bridgehead atoms. The Balaban J connectivity index is 0.000000110. The third kappa shape index (κ3) is 16.3. The molecule has 0 aliphatic heterocycles. The molecule has 0 spiro atoms. The van der Waals surface area contributed by atoms with Gasteiger partial charge in [0.15, 0.2) is 17.5 Å². The number of fused-ring (bicyclic) bond motifs is 13. The maximum Gasteiger partial charge on any atom is 0.164 e. The van der Waals surface area contributed by atoms with Crippen LogP contribution in [0, 0.1) is 0 Å². The molecule has 5 heterocycles. The molecule has 0 amide bonds. The second kappa shape index (κ2) is 37.1. The van der Waals surface area contributed by atoms with Crippen LogP contribution in [0.5, 0.6) is 0 Å². The number of benzene rings is 24. The summed E-state index contributed by atoms with van der Waals surface area (Å²) in [5.74, 6) is 1.94. The van der Waals surface area contributed by atoms with Gasteiger partial charge in [0, 0.05) is 73.8 Å². The standard InChI is InChI=1S/C54H35N.C48H30N2.C38H24N4/c1-2-17-46(18-3-1)55-51-21-11-8-16-43(51)35-52(55)39-26-22-38(23-27-39)42-30-31-49-50(34-42)54(45-29-25-37-13-5-7-15-41(37)33-45)48-20-10-9-19-47(48)53(49)44-28-24-36-12-4-6-14-40(36)32-44;1-3-11-33-25-37(19-17-31(33)9-1)47-41-14-6-7-15-42(41)48(38-20-18-32-10-2-4-12-34(32)26-38)44-28-35(21-23-43(44)47)39-22-24-46(49-29-39)40-27-36-13-5-8-16-45(36)50-30-40;1-3-9-30-23-32(20-14-25(30)7-1)37-40-36(41-38(42-37)33-21-15-26-8-2-4-10-31(26)24-33)29-18-16-27(17-19-29)34-13-5-11-28-12-6-22-39-35(28)34/h1-35H;1-30H;1-24H. The second-order valence-corrected chi connectivity index (χ2v) is 37.9. The molecule has 0 radical (unpaired) electrons. The van der Waals surface area contributed by atoms with Crippen molar-refractivity contribution >= 4 is 140 Å². The largest absolute Gasteiger partial charge is 0.309 e. The van der Waals surface area contributed by atoms with E-state index in [4.69, 9.17) is 19.9 Å². The molecule has 0 aliphatic carbocycles. The Bertz CT molecular complexity index is 10200. The van der Waals surface area contributed by atoms with Crippen molar-refractivity contribution in [2.75, 3.05) is 0 Å². The van der Waals surface area contributed by atoms with Crippen molar-refractivity contribution in [3.8, 4) is 140 Å². The number of pyridine rings is 3. The minimum Gasteiger partial charge on any atom is -0.309 e. The molecule has 7 nitrogen and oxygen atoms in total. The Labute approximate surface area is 849 Å². The minimum atomic E-state index is 0.638. The van der Waals surface area contributed by atoms with Gasteiger partial charge in [0.2, 0.25) is 0 Å². The van der Waals surface area contributed by atoms with Gasteiger partial charge in [0.25, 0.3) is 0 Å². The molecule has 684 valence electrons. The van der Waals surface area contributed by atoms with Crippen LogP contribution in [0.2, 0.25) is 0 Å². The van der Waals surface area contributed by atoms with E-state index in [2.05, 4.69) is 512 Å². The first-order chi connectivity index (χ1) is 72.8. The summed E-state index contributed by atoms with van der Waals surface area (Å²) in [6, 6.07) is 187. The fourth-order valence-corrected chi connectivity index (χ4v) is 21.9. The first-order valence-corrected chi connectivity index (χ1v) is 50.0. The maximum atomic E-state index is 4.99. The minimum absolute atomic E-state index is 0.638. The molecule has 5 aromatic heterocycles. The lowest BCUT2D eigenvalue weighted by Crippen LogP contribution is -2.00. The average molecular weight is 1870 g/mol. The quantitative estimate of drug-likeness (QED) is 0.107. The number of nitrogens with zero attached hydrogens (tertiary/aromatic N) is 7. The van der Waals surface area contributed by atoms with Gasteiger partial charge in [-0.05, 0) is 277 Å². The number of rotatable bonds is 13. The Hall–Kier alpha value is -19.6. The summed E-state index contributed by atoms with van der Waals surface area (Å²) in [5.41, 5.74) is 28.2. The summed E-state index contributed by atoms with van der Waals surface area (Å²) < 4.78 is 2.37. The van der Waals surface area contributed by atoms with E-state index in [1.807, 2.05) is 42.9 Å². The molecule has 0 aliphatic rings. The Morgan fingerprint density at radius 1 is 0.163 bits per heavy atom. The predicted molar refractivity (Wildman–Crippen MR) is 618 cm³/mol. The van der Waals surface area contributed by atoms with Gasteiger partial charge in [-0.3, -0.25) is 15.0 Å². The molecule has 0 atom stereocenters. The first kappa shape index (κ1) is 86.5. The fourth-order valence-electron chi connectivity index (χ4n) is 21.9. The molecule has 147 heavy (non-hydrogen) atoms. The van der Waals surface area contributed by atoms with Crippen molar-refractivity contribution < 1.29 is 0 Å². The van der Waals surface area contributed by atoms with Gasteiger partial charge in [-0.25, -0.2) is 15.0 Å². The highest BCUT2D eigenvalue weighted by Gasteiger charge is 2.24. The molecule has 0 N–H and O–H groups in total. The van der Waals surface area contributed by atoms with Crippen molar-refractivity contribution in [2.24, 2.45) is 0 Å². The average Bonchev–Trinajstić information content (AvgIpc) is 1.41. The van der Waals surface area contributed by atoms with E-state index >= 15 is 0 Å². The topological polar surface area (TPSA) is 82.3 Å². The van der Waals surface area contributed by atoms with Crippen LogP contribution in [0.15, 0.2) is 540 Å².